The van der Waals surface area contributed by atoms with Gasteiger partial charge in [0.25, 0.3) is 0 Å². The first-order valence-electron chi connectivity index (χ1n) is 8.13. The number of nitrogens with two attached hydrogens (primary N) is 1. The lowest BCUT2D eigenvalue weighted by atomic mass is 10.0. The standard InChI is InChI=1S/C16H21N5O3S/c1-2-3-14-13-10-21(9-8-15(13)20-19-14)25(23,24)12-6-4-11(5-7-12)18-16(17)22/h4-7H,2-3,8-10H2,1H3,(H,19,20)(H3,17,18,22). The van der Waals surface area contributed by atoms with E-state index in [2.05, 4.69) is 22.4 Å². The molecule has 8 nitrogen and oxygen atoms in total. The van der Waals surface area contributed by atoms with Gasteiger partial charge in [-0.1, -0.05) is 13.3 Å². The molecule has 0 aliphatic carbocycles. The SMILES string of the molecule is CCCc1n[nH]c2c1CN(S(=O)(=O)c1ccc(NC(N)=O)cc1)CC2. The quantitative estimate of drug-likeness (QED) is 0.747. The highest BCUT2D eigenvalue weighted by atomic mass is 32.2. The van der Waals surface area contributed by atoms with Crippen LogP contribution in [0.3, 0.4) is 0 Å². The summed E-state index contributed by atoms with van der Waals surface area (Å²) in [5.41, 5.74) is 8.46. The van der Waals surface area contributed by atoms with Gasteiger partial charge in [-0.05, 0) is 30.7 Å². The van der Waals surface area contributed by atoms with Gasteiger partial charge in [-0.2, -0.15) is 9.40 Å². The number of hydrogen-bond acceptors (Lipinski definition) is 4. The van der Waals surface area contributed by atoms with E-state index in [1.165, 1.54) is 28.6 Å². The van der Waals surface area contributed by atoms with Gasteiger partial charge in [0.2, 0.25) is 10.0 Å². The number of rotatable bonds is 5. The Morgan fingerprint density at radius 3 is 2.72 bits per heavy atom. The first kappa shape index (κ1) is 17.4. The Labute approximate surface area is 146 Å². The van der Waals surface area contributed by atoms with E-state index >= 15 is 0 Å². The van der Waals surface area contributed by atoms with Crippen molar-refractivity contribution in [1.82, 2.24) is 14.5 Å². The highest BCUT2D eigenvalue weighted by Crippen LogP contribution is 2.27. The van der Waals surface area contributed by atoms with Gasteiger partial charge in [0.1, 0.15) is 0 Å². The zero-order valence-corrected chi connectivity index (χ0v) is 14.8. The van der Waals surface area contributed by atoms with Crippen molar-refractivity contribution in [1.29, 1.82) is 0 Å². The molecule has 0 saturated carbocycles. The van der Waals surface area contributed by atoms with E-state index in [1.807, 2.05) is 0 Å². The summed E-state index contributed by atoms with van der Waals surface area (Å²) >= 11 is 0. The highest BCUT2D eigenvalue weighted by molar-refractivity contribution is 7.89. The van der Waals surface area contributed by atoms with Crippen LogP contribution in [-0.4, -0.2) is 35.5 Å². The molecule has 0 unspecified atom stereocenters. The Kier molecular flexibility index (Phi) is 4.78. The topological polar surface area (TPSA) is 121 Å². The fourth-order valence-electron chi connectivity index (χ4n) is 2.98. The molecule has 134 valence electrons. The van der Waals surface area contributed by atoms with Crippen molar-refractivity contribution in [3.63, 3.8) is 0 Å². The van der Waals surface area contributed by atoms with Gasteiger partial charge in [0, 0.05) is 36.5 Å². The average Bonchev–Trinajstić information content (AvgIpc) is 2.97. The number of sulfonamides is 1. The minimum atomic E-state index is -3.61. The van der Waals surface area contributed by atoms with Gasteiger partial charge >= 0.3 is 6.03 Å². The number of H-pyrrole nitrogens is 1. The lowest BCUT2D eigenvalue weighted by Crippen LogP contribution is -2.36. The third kappa shape index (κ3) is 3.52. The second-order valence-corrected chi connectivity index (χ2v) is 7.92. The first-order valence-corrected chi connectivity index (χ1v) is 9.57. The zero-order valence-electron chi connectivity index (χ0n) is 13.9. The van der Waals surface area contributed by atoms with Crippen molar-refractivity contribution < 1.29 is 13.2 Å². The fourth-order valence-corrected chi connectivity index (χ4v) is 4.39. The number of fused-ring (bicyclic) bond motifs is 1. The highest BCUT2D eigenvalue weighted by Gasteiger charge is 2.30. The van der Waals surface area contributed by atoms with Crippen LogP contribution in [0.25, 0.3) is 0 Å². The number of amides is 2. The molecule has 0 fully saturated rings. The molecular weight excluding hydrogens is 342 g/mol. The number of benzene rings is 1. The van der Waals surface area contributed by atoms with Crippen molar-refractivity contribution in [3.05, 3.63) is 41.2 Å². The molecular formula is C16H21N5O3S. The van der Waals surface area contributed by atoms with Crippen molar-refractivity contribution >= 4 is 21.7 Å². The maximum atomic E-state index is 12.9. The Morgan fingerprint density at radius 2 is 2.08 bits per heavy atom. The van der Waals surface area contributed by atoms with Crippen LogP contribution in [-0.2, 0) is 29.4 Å². The molecule has 0 radical (unpaired) electrons. The first-order chi connectivity index (χ1) is 11.9. The molecule has 2 amide bonds. The number of primary amides is 1. The number of anilines is 1. The van der Waals surface area contributed by atoms with E-state index in [0.29, 0.717) is 25.2 Å². The predicted molar refractivity (Wildman–Crippen MR) is 93.5 cm³/mol. The number of nitrogens with one attached hydrogen (secondary N) is 2. The third-order valence-electron chi connectivity index (χ3n) is 4.23. The van der Waals surface area contributed by atoms with E-state index < -0.39 is 16.1 Å². The lowest BCUT2D eigenvalue weighted by Gasteiger charge is -2.26. The van der Waals surface area contributed by atoms with E-state index in [-0.39, 0.29) is 4.90 Å². The Bertz CT molecular complexity index is 874. The molecule has 0 spiro atoms. The van der Waals surface area contributed by atoms with Gasteiger partial charge < -0.3 is 11.1 Å². The number of aromatic nitrogens is 2. The number of carbonyl (C=O) groups excluding carboxylic acids is 1. The summed E-state index contributed by atoms with van der Waals surface area (Å²) in [5, 5.41) is 9.75. The van der Waals surface area contributed by atoms with Crippen LogP contribution in [0.2, 0.25) is 0 Å². The van der Waals surface area contributed by atoms with Crippen LogP contribution < -0.4 is 11.1 Å². The van der Waals surface area contributed by atoms with Gasteiger partial charge in [0.05, 0.1) is 10.6 Å². The molecule has 1 aromatic heterocycles. The maximum absolute atomic E-state index is 12.9. The minimum absolute atomic E-state index is 0.187. The van der Waals surface area contributed by atoms with Crippen molar-refractivity contribution in [2.45, 2.75) is 37.6 Å². The molecule has 2 aromatic rings. The largest absolute Gasteiger partial charge is 0.351 e. The number of hydrogen-bond donors (Lipinski definition) is 3. The number of nitrogens with zero attached hydrogens (tertiary/aromatic N) is 2. The van der Waals surface area contributed by atoms with Gasteiger partial charge in [-0.25, -0.2) is 13.2 Å². The van der Waals surface area contributed by atoms with Crippen LogP contribution in [0.15, 0.2) is 29.2 Å². The van der Waals surface area contributed by atoms with E-state index in [4.69, 9.17) is 5.73 Å². The molecule has 9 heteroatoms. The molecule has 4 N–H and O–H groups in total. The molecule has 0 atom stereocenters. The molecule has 0 saturated heterocycles. The van der Waals surface area contributed by atoms with E-state index in [9.17, 15) is 13.2 Å². The second-order valence-electron chi connectivity index (χ2n) is 5.98. The minimum Gasteiger partial charge on any atom is -0.351 e. The van der Waals surface area contributed by atoms with Crippen LogP contribution >= 0.6 is 0 Å². The van der Waals surface area contributed by atoms with Crippen molar-refractivity contribution in [2.75, 3.05) is 11.9 Å². The summed E-state index contributed by atoms with van der Waals surface area (Å²) in [7, 11) is -3.61. The zero-order chi connectivity index (χ0) is 18.0. The Morgan fingerprint density at radius 1 is 1.36 bits per heavy atom. The predicted octanol–water partition coefficient (Wildman–Crippen LogP) is 1.60. The van der Waals surface area contributed by atoms with Crippen molar-refractivity contribution in [3.8, 4) is 0 Å². The lowest BCUT2D eigenvalue weighted by molar-refractivity contribution is 0.259. The number of urea groups is 1. The summed E-state index contributed by atoms with van der Waals surface area (Å²) < 4.78 is 27.3. The van der Waals surface area contributed by atoms with Gasteiger partial charge in [-0.3, -0.25) is 5.10 Å². The smallest absolute Gasteiger partial charge is 0.316 e. The number of carbonyl (C=O) groups is 1. The van der Waals surface area contributed by atoms with Crippen LogP contribution in [0.4, 0.5) is 10.5 Å². The van der Waals surface area contributed by atoms with Crippen molar-refractivity contribution in [2.24, 2.45) is 5.73 Å². The summed E-state index contributed by atoms with van der Waals surface area (Å²) in [5.74, 6) is 0. The molecule has 1 aliphatic heterocycles. The molecule has 1 aliphatic rings. The number of aryl methyl sites for hydroxylation is 1. The van der Waals surface area contributed by atoms with Crippen LogP contribution in [0.5, 0.6) is 0 Å². The monoisotopic (exact) mass is 363 g/mol. The molecule has 25 heavy (non-hydrogen) atoms. The van der Waals surface area contributed by atoms with E-state index in [0.717, 1.165) is 29.8 Å². The Hall–Kier alpha value is -2.39. The number of aromatic amines is 1. The second kappa shape index (κ2) is 6.85. The molecule has 2 heterocycles. The van der Waals surface area contributed by atoms with E-state index in [1.54, 1.807) is 0 Å². The van der Waals surface area contributed by atoms with Crippen LogP contribution in [0, 0.1) is 0 Å². The molecule has 0 bridgehead atoms. The summed E-state index contributed by atoms with van der Waals surface area (Å²) in [6.07, 6.45) is 2.40. The average molecular weight is 363 g/mol. The maximum Gasteiger partial charge on any atom is 0.316 e. The van der Waals surface area contributed by atoms with Crippen LogP contribution in [0.1, 0.15) is 30.3 Å². The van der Waals surface area contributed by atoms with Gasteiger partial charge in [0.15, 0.2) is 0 Å². The molecule has 3 rings (SSSR count). The third-order valence-corrected chi connectivity index (χ3v) is 6.09. The Balaban J connectivity index is 1.83. The van der Waals surface area contributed by atoms with Gasteiger partial charge in [-0.15, -0.1) is 0 Å². The fraction of sp³-hybridized carbons (Fsp3) is 0.375. The summed E-state index contributed by atoms with van der Waals surface area (Å²) in [6, 6.07) is 5.29. The molecule has 1 aromatic carbocycles. The summed E-state index contributed by atoms with van der Waals surface area (Å²) in [6.45, 7) is 2.80. The summed E-state index contributed by atoms with van der Waals surface area (Å²) in [4.78, 5) is 11.0. The normalized spacial score (nSPS) is 14.9.